The Kier molecular flexibility index (Phi) is 9.99. The standard InChI is InChI=1S/C32H40ClN9O2/c1-21(2)26-20-36-42-30(26)38-32(41-15-12-23(34)13-16-41)39-31(42)35-19-22-7-5-8-24(17-22)44-25-10-11-27(33)28(18-25)37-29(43)9-6-14-40(3)4/h5-11,17-18,20-21,23H,12-16,19,34H2,1-4H3,(H,37,43)(H,35,38,39)/b9-6+. The van der Waals surface area contributed by atoms with E-state index in [4.69, 9.17) is 32.0 Å². The molecule has 0 saturated carbocycles. The topological polar surface area (TPSA) is 126 Å². The highest BCUT2D eigenvalue weighted by Crippen LogP contribution is 2.31. The van der Waals surface area contributed by atoms with E-state index in [9.17, 15) is 4.79 Å². The van der Waals surface area contributed by atoms with Crippen molar-refractivity contribution in [1.82, 2.24) is 24.5 Å². The number of halogens is 1. The number of ether oxygens (including phenoxy) is 1. The van der Waals surface area contributed by atoms with E-state index in [1.807, 2.05) is 49.5 Å². The lowest BCUT2D eigenvalue weighted by Crippen LogP contribution is -2.40. The zero-order chi connectivity index (χ0) is 31.2. The number of rotatable bonds is 11. The van der Waals surface area contributed by atoms with E-state index in [-0.39, 0.29) is 17.9 Å². The average molecular weight is 618 g/mol. The third kappa shape index (κ3) is 7.85. The number of benzene rings is 2. The molecule has 5 rings (SSSR count). The summed E-state index contributed by atoms with van der Waals surface area (Å²) in [6, 6.07) is 13.2. The Morgan fingerprint density at radius 1 is 1.16 bits per heavy atom. The predicted molar refractivity (Wildman–Crippen MR) is 176 cm³/mol. The lowest BCUT2D eigenvalue weighted by Gasteiger charge is -2.30. The number of fused-ring (bicyclic) bond motifs is 1. The highest BCUT2D eigenvalue weighted by molar-refractivity contribution is 6.33. The summed E-state index contributed by atoms with van der Waals surface area (Å²) in [7, 11) is 3.87. The molecule has 4 aromatic rings. The summed E-state index contributed by atoms with van der Waals surface area (Å²) in [5.74, 6) is 2.51. The number of aromatic nitrogens is 4. The van der Waals surface area contributed by atoms with Crippen LogP contribution in [-0.4, -0.2) is 70.2 Å². The molecule has 1 aliphatic rings. The molecule has 11 nitrogen and oxygen atoms in total. The number of nitrogens with zero attached hydrogens (tertiary/aromatic N) is 6. The van der Waals surface area contributed by atoms with Gasteiger partial charge in [0.25, 0.3) is 0 Å². The van der Waals surface area contributed by atoms with Crippen LogP contribution in [0.5, 0.6) is 11.5 Å². The molecule has 0 spiro atoms. The first-order valence-electron chi connectivity index (χ1n) is 14.8. The number of likely N-dealkylation sites (N-methyl/N-ethyl adjacent to an activating group) is 1. The molecule has 1 fully saturated rings. The van der Waals surface area contributed by atoms with Gasteiger partial charge in [-0.15, -0.1) is 0 Å². The van der Waals surface area contributed by atoms with E-state index in [2.05, 4.69) is 34.5 Å². The first-order valence-corrected chi connectivity index (χ1v) is 15.2. The van der Waals surface area contributed by atoms with Crippen LogP contribution in [0.25, 0.3) is 5.65 Å². The average Bonchev–Trinajstić information content (AvgIpc) is 3.43. The van der Waals surface area contributed by atoms with Gasteiger partial charge in [-0.05, 0) is 62.7 Å². The lowest BCUT2D eigenvalue weighted by atomic mass is 10.1. The summed E-state index contributed by atoms with van der Waals surface area (Å²) in [5, 5.41) is 11.3. The molecular weight excluding hydrogens is 578 g/mol. The molecule has 1 aliphatic heterocycles. The van der Waals surface area contributed by atoms with Gasteiger partial charge >= 0.3 is 0 Å². The third-order valence-electron chi connectivity index (χ3n) is 7.35. The van der Waals surface area contributed by atoms with Crippen LogP contribution in [0.15, 0.2) is 60.8 Å². The maximum absolute atomic E-state index is 12.3. The van der Waals surface area contributed by atoms with Crippen molar-refractivity contribution in [3.8, 4) is 11.5 Å². The Balaban J connectivity index is 1.30. The molecule has 0 bridgehead atoms. The Morgan fingerprint density at radius 2 is 1.93 bits per heavy atom. The summed E-state index contributed by atoms with van der Waals surface area (Å²) in [5.41, 5.74) is 9.48. The molecule has 2 aromatic heterocycles. The minimum absolute atomic E-state index is 0.219. The maximum atomic E-state index is 12.3. The molecule has 3 heterocycles. The number of nitrogens with two attached hydrogens (primary N) is 1. The van der Waals surface area contributed by atoms with E-state index in [0.717, 1.165) is 42.7 Å². The number of hydrogen-bond donors (Lipinski definition) is 3. The van der Waals surface area contributed by atoms with Gasteiger partial charge in [0, 0.05) is 49.9 Å². The summed E-state index contributed by atoms with van der Waals surface area (Å²) >= 11 is 6.34. The molecule has 2 aromatic carbocycles. The molecule has 1 amide bonds. The van der Waals surface area contributed by atoms with E-state index in [1.165, 1.54) is 6.08 Å². The quantitative estimate of drug-likeness (QED) is 0.192. The zero-order valence-electron chi connectivity index (χ0n) is 25.6. The molecule has 0 radical (unpaired) electrons. The van der Waals surface area contributed by atoms with Crippen LogP contribution in [-0.2, 0) is 11.3 Å². The largest absolute Gasteiger partial charge is 0.457 e. The minimum Gasteiger partial charge on any atom is -0.457 e. The van der Waals surface area contributed by atoms with E-state index in [1.54, 1.807) is 28.8 Å². The molecule has 12 heteroatoms. The van der Waals surface area contributed by atoms with Gasteiger partial charge in [0.05, 0.1) is 16.9 Å². The lowest BCUT2D eigenvalue weighted by molar-refractivity contribution is -0.111. The van der Waals surface area contributed by atoms with Gasteiger partial charge in [-0.3, -0.25) is 4.79 Å². The van der Waals surface area contributed by atoms with Gasteiger partial charge in [-0.1, -0.05) is 43.7 Å². The van der Waals surface area contributed by atoms with Crippen molar-refractivity contribution in [3.63, 3.8) is 0 Å². The van der Waals surface area contributed by atoms with Gasteiger partial charge in [0.2, 0.25) is 17.8 Å². The summed E-state index contributed by atoms with van der Waals surface area (Å²) < 4.78 is 7.92. The fourth-order valence-corrected chi connectivity index (χ4v) is 5.06. The van der Waals surface area contributed by atoms with Crippen LogP contribution in [0.4, 0.5) is 17.6 Å². The van der Waals surface area contributed by atoms with Gasteiger partial charge in [-0.2, -0.15) is 19.6 Å². The number of hydrogen-bond acceptors (Lipinski definition) is 9. The van der Waals surface area contributed by atoms with Crippen molar-refractivity contribution in [2.75, 3.05) is 49.3 Å². The van der Waals surface area contributed by atoms with E-state index < -0.39 is 0 Å². The molecule has 4 N–H and O–H groups in total. The van der Waals surface area contributed by atoms with Crippen molar-refractivity contribution in [2.24, 2.45) is 5.73 Å². The second kappa shape index (κ2) is 14.1. The van der Waals surface area contributed by atoms with Gasteiger partial charge in [-0.25, -0.2) is 0 Å². The number of anilines is 3. The first kappa shape index (κ1) is 31.2. The molecular formula is C32H40ClN9O2. The highest BCUT2D eigenvalue weighted by atomic mass is 35.5. The van der Waals surface area contributed by atoms with Gasteiger partial charge in [0.1, 0.15) is 11.5 Å². The number of amides is 1. The number of carbonyl (C=O) groups excluding carboxylic acids is 1. The van der Waals surface area contributed by atoms with Crippen molar-refractivity contribution < 1.29 is 9.53 Å². The minimum atomic E-state index is -0.262. The predicted octanol–water partition coefficient (Wildman–Crippen LogP) is 5.29. The van der Waals surface area contributed by atoms with Crippen molar-refractivity contribution in [3.05, 3.63) is 77.0 Å². The van der Waals surface area contributed by atoms with Gasteiger partial charge < -0.3 is 30.9 Å². The summed E-state index contributed by atoms with van der Waals surface area (Å²) in [6.45, 7) is 7.07. The number of carbonyl (C=O) groups is 1. The van der Waals surface area contributed by atoms with Crippen LogP contribution in [0.2, 0.25) is 5.02 Å². The van der Waals surface area contributed by atoms with E-state index >= 15 is 0 Å². The summed E-state index contributed by atoms with van der Waals surface area (Å²) in [4.78, 5) is 26.3. The maximum Gasteiger partial charge on any atom is 0.248 e. The summed E-state index contributed by atoms with van der Waals surface area (Å²) in [6.07, 6.45) is 6.97. The van der Waals surface area contributed by atoms with Crippen LogP contribution >= 0.6 is 11.6 Å². The number of piperidine rings is 1. The highest BCUT2D eigenvalue weighted by Gasteiger charge is 2.22. The molecule has 44 heavy (non-hydrogen) atoms. The van der Waals surface area contributed by atoms with Crippen LogP contribution in [0, 0.1) is 0 Å². The second-order valence-corrected chi connectivity index (χ2v) is 12.0. The van der Waals surface area contributed by atoms with Crippen LogP contribution < -0.4 is 26.0 Å². The Bertz CT molecular complexity index is 1630. The molecule has 0 atom stereocenters. The smallest absolute Gasteiger partial charge is 0.248 e. The van der Waals surface area contributed by atoms with Gasteiger partial charge in [0.15, 0.2) is 5.65 Å². The molecule has 0 unspecified atom stereocenters. The molecule has 232 valence electrons. The number of nitrogens with one attached hydrogen (secondary N) is 2. The molecule has 0 aliphatic carbocycles. The Labute approximate surface area is 263 Å². The second-order valence-electron chi connectivity index (χ2n) is 11.6. The van der Waals surface area contributed by atoms with E-state index in [0.29, 0.717) is 47.2 Å². The van der Waals surface area contributed by atoms with Crippen molar-refractivity contribution in [1.29, 1.82) is 0 Å². The Hall–Kier alpha value is -4.19. The normalized spacial score (nSPS) is 14.2. The Morgan fingerprint density at radius 3 is 2.68 bits per heavy atom. The third-order valence-corrected chi connectivity index (χ3v) is 7.68. The van der Waals surface area contributed by atoms with Crippen molar-refractivity contribution >= 4 is 40.7 Å². The SMILES string of the molecule is CC(C)c1cnn2c(NCc3cccc(Oc4ccc(Cl)c(NC(=O)/C=C/CN(C)C)c4)c3)nc(N3CCC(N)CC3)nc12. The zero-order valence-corrected chi connectivity index (χ0v) is 26.4. The monoisotopic (exact) mass is 617 g/mol. The first-order chi connectivity index (χ1) is 21.2. The fraction of sp³-hybridized carbons (Fsp3) is 0.375. The van der Waals surface area contributed by atoms with Crippen molar-refractivity contribution in [2.45, 2.75) is 45.2 Å². The molecule has 1 saturated heterocycles. The fourth-order valence-electron chi connectivity index (χ4n) is 4.89. The van der Waals surface area contributed by atoms with Crippen LogP contribution in [0.1, 0.15) is 43.7 Å². The van der Waals surface area contributed by atoms with Crippen LogP contribution in [0.3, 0.4) is 0 Å².